The minimum atomic E-state index is -2.85. The third kappa shape index (κ3) is 8.66. The summed E-state index contributed by atoms with van der Waals surface area (Å²) in [5.74, 6) is -5.41. The van der Waals surface area contributed by atoms with E-state index in [4.69, 9.17) is 0 Å². The summed E-state index contributed by atoms with van der Waals surface area (Å²) in [5, 5.41) is 31.4. The summed E-state index contributed by atoms with van der Waals surface area (Å²) in [6.07, 6.45) is 0.390. The molecule has 0 aromatic heterocycles. The molecular weight excluding hydrogens is 407 g/mol. The van der Waals surface area contributed by atoms with Crippen LogP contribution < -0.4 is 0 Å². The van der Waals surface area contributed by atoms with Gasteiger partial charge in [0.05, 0.1) is 0 Å². The van der Waals surface area contributed by atoms with Crippen LogP contribution in [0.25, 0.3) is 0 Å². The van der Waals surface area contributed by atoms with Crippen molar-refractivity contribution >= 4 is 19.0 Å². The van der Waals surface area contributed by atoms with E-state index < -0.39 is 48.9 Å². The Balaban J connectivity index is 0. The SMILES string of the molecule is CC.CCCC(C(O)P(C)(C)=O)N(CC)C(C(C)C)N(O)C(=O)C(C(=O)O)C(C)C. The first-order chi connectivity index (χ1) is 13.7. The molecule has 0 saturated carbocycles. The first-order valence-corrected chi connectivity index (χ1v) is 13.6. The van der Waals surface area contributed by atoms with E-state index in [1.807, 2.05) is 41.5 Å². The van der Waals surface area contributed by atoms with Gasteiger partial charge in [-0.2, -0.15) is 0 Å². The maximum absolute atomic E-state index is 12.8. The third-order valence-corrected chi connectivity index (χ3v) is 6.59. The van der Waals surface area contributed by atoms with Gasteiger partial charge in [0.2, 0.25) is 0 Å². The second-order valence-electron chi connectivity index (χ2n) is 8.43. The summed E-state index contributed by atoms with van der Waals surface area (Å²) >= 11 is 0. The molecule has 0 heterocycles. The van der Waals surface area contributed by atoms with Crippen LogP contribution in [-0.2, 0) is 14.2 Å². The number of carbonyl (C=O) groups is 2. The number of aliphatic hydroxyl groups is 1. The molecular formula is C21H45N2O6P. The monoisotopic (exact) mass is 452 g/mol. The lowest BCUT2D eigenvalue weighted by Crippen LogP contribution is -2.59. The molecule has 3 N–H and O–H groups in total. The number of hydroxylamine groups is 2. The van der Waals surface area contributed by atoms with Crippen molar-refractivity contribution in [1.82, 2.24) is 9.96 Å². The van der Waals surface area contributed by atoms with Gasteiger partial charge in [0, 0.05) is 6.04 Å². The zero-order chi connectivity index (χ0) is 24.4. The van der Waals surface area contributed by atoms with Gasteiger partial charge in [0.25, 0.3) is 5.91 Å². The fourth-order valence-electron chi connectivity index (χ4n) is 3.57. The molecule has 0 aromatic carbocycles. The van der Waals surface area contributed by atoms with Gasteiger partial charge < -0.3 is 14.8 Å². The Morgan fingerprint density at radius 2 is 1.47 bits per heavy atom. The van der Waals surface area contributed by atoms with Crippen molar-refractivity contribution < 1.29 is 29.6 Å². The summed E-state index contributed by atoms with van der Waals surface area (Å²) in [5.41, 5.74) is 0. The molecule has 30 heavy (non-hydrogen) atoms. The maximum Gasteiger partial charge on any atom is 0.316 e. The second kappa shape index (κ2) is 14.2. The van der Waals surface area contributed by atoms with E-state index in [1.165, 1.54) is 13.3 Å². The predicted molar refractivity (Wildman–Crippen MR) is 121 cm³/mol. The topological polar surface area (TPSA) is 118 Å². The van der Waals surface area contributed by atoms with Gasteiger partial charge in [-0.1, -0.05) is 61.8 Å². The quantitative estimate of drug-likeness (QED) is 0.135. The number of likely N-dealkylation sites (N-methyl/N-ethyl adjacent to an activating group) is 1. The fourth-order valence-corrected chi connectivity index (χ4v) is 4.72. The molecule has 0 saturated heterocycles. The Labute approximate surface area is 183 Å². The predicted octanol–water partition coefficient (Wildman–Crippen LogP) is 4.00. The van der Waals surface area contributed by atoms with Crippen LogP contribution in [0.15, 0.2) is 0 Å². The Kier molecular flexibility index (Phi) is 14.8. The molecule has 4 atom stereocenters. The highest BCUT2D eigenvalue weighted by Gasteiger charge is 2.43. The normalized spacial score (nSPS) is 16.0. The highest BCUT2D eigenvalue weighted by molar-refractivity contribution is 7.62. The molecule has 0 spiro atoms. The Hall–Kier alpha value is -0.950. The molecule has 0 radical (unpaired) electrons. The first kappa shape index (κ1) is 31.2. The Bertz CT molecular complexity index is 564. The van der Waals surface area contributed by atoms with Crippen molar-refractivity contribution in [1.29, 1.82) is 0 Å². The molecule has 1 amide bonds. The van der Waals surface area contributed by atoms with E-state index in [-0.39, 0.29) is 5.92 Å². The molecule has 9 heteroatoms. The largest absolute Gasteiger partial charge is 0.481 e. The van der Waals surface area contributed by atoms with Gasteiger partial charge in [-0.05, 0) is 38.1 Å². The van der Waals surface area contributed by atoms with Crippen LogP contribution in [-0.4, -0.2) is 75.2 Å². The van der Waals surface area contributed by atoms with Crippen LogP contribution in [0.5, 0.6) is 0 Å². The van der Waals surface area contributed by atoms with Crippen molar-refractivity contribution in [2.24, 2.45) is 17.8 Å². The van der Waals surface area contributed by atoms with E-state index in [9.17, 15) is 29.6 Å². The van der Waals surface area contributed by atoms with E-state index in [2.05, 4.69) is 0 Å². The number of carboxylic acid groups (broad SMARTS) is 1. The van der Waals surface area contributed by atoms with Crippen molar-refractivity contribution in [2.45, 2.75) is 86.3 Å². The van der Waals surface area contributed by atoms with Crippen LogP contribution >= 0.6 is 7.14 Å². The number of rotatable bonds is 12. The van der Waals surface area contributed by atoms with Crippen molar-refractivity contribution in [3.8, 4) is 0 Å². The van der Waals surface area contributed by atoms with E-state index in [1.54, 1.807) is 18.7 Å². The van der Waals surface area contributed by atoms with Crippen molar-refractivity contribution in [3.05, 3.63) is 0 Å². The molecule has 0 aromatic rings. The highest BCUT2D eigenvalue weighted by atomic mass is 31.2. The molecule has 0 fully saturated rings. The standard InChI is InChI=1S/C19H39N2O6P.C2H6/c1-9-11-14(19(25)28(7,8)27)20(10-2)16(13(5)6)21(26)17(22)15(12(3)4)18(23)24;1-2/h12-16,19,25-26H,9-11H2,1-8H3,(H,23,24);1-2H3. The number of amides is 1. The number of aliphatic carboxylic acids is 1. The number of nitrogens with zero attached hydrogens (tertiary/aromatic N) is 2. The van der Waals surface area contributed by atoms with Gasteiger partial charge in [-0.3, -0.25) is 19.7 Å². The number of carbonyl (C=O) groups excluding carboxylic acids is 1. The lowest BCUT2D eigenvalue weighted by molar-refractivity contribution is -0.212. The minimum absolute atomic E-state index is 0.254. The van der Waals surface area contributed by atoms with Gasteiger partial charge >= 0.3 is 5.97 Å². The van der Waals surface area contributed by atoms with Crippen molar-refractivity contribution in [2.75, 3.05) is 19.9 Å². The molecule has 180 valence electrons. The number of carboxylic acids is 1. The number of hydrogen-bond acceptors (Lipinski definition) is 6. The number of hydrogen-bond donors (Lipinski definition) is 3. The minimum Gasteiger partial charge on any atom is -0.481 e. The summed E-state index contributed by atoms with van der Waals surface area (Å²) in [4.78, 5) is 26.1. The van der Waals surface area contributed by atoms with Gasteiger partial charge in [0.15, 0.2) is 0 Å². The zero-order valence-electron chi connectivity index (χ0n) is 20.5. The summed E-state index contributed by atoms with van der Waals surface area (Å²) in [6, 6.07) is -0.534. The van der Waals surface area contributed by atoms with Crippen LogP contribution in [0.4, 0.5) is 0 Å². The van der Waals surface area contributed by atoms with Crippen LogP contribution in [0.3, 0.4) is 0 Å². The van der Waals surface area contributed by atoms with Gasteiger partial charge in [0.1, 0.15) is 25.1 Å². The third-order valence-electron chi connectivity index (χ3n) is 4.97. The molecule has 4 unspecified atom stereocenters. The summed E-state index contributed by atoms with van der Waals surface area (Å²) in [7, 11) is -2.85. The average molecular weight is 453 g/mol. The molecule has 0 aliphatic carbocycles. The molecule has 0 aliphatic heterocycles. The van der Waals surface area contributed by atoms with E-state index in [0.717, 1.165) is 0 Å². The van der Waals surface area contributed by atoms with Gasteiger partial charge in [-0.25, -0.2) is 5.06 Å². The maximum atomic E-state index is 12.8. The van der Waals surface area contributed by atoms with E-state index >= 15 is 0 Å². The fraction of sp³-hybridized carbons (Fsp3) is 0.905. The first-order valence-electron chi connectivity index (χ1n) is 10.9. The lowest BCUT2D eigenvalue weighted by atomic mass is 9.94. The van der Waals surface area contributed by atoms with Crippen LogP contribution in [0.2, 0.25) is 0 Å². The van der Waals surface area contributed by atoms with Crippen LogP contribution in [0, 0.1) is 17.8 Å². The van der Waals surface area contributed by atoms with E-state index in [0.29, 0.717) is 24.4 Å². The zero-order valence-corrected chi connectivity index (χ0v) is 21.4. The molecule has 0 bridgehead atoms. The number of aliphatic hydroxyl groups excluding tert-OH is 1. The Morgan fingerprint density at radius 3 is 1.73 bits per heavy atom. The summed E-state index contributed by atoms with van der Waals surface area (Å²) < 4.78 is 12.5. The Morgan fingerprint density at radius 1 is 1.00 bits per heavy atom. The molecule has 0 rings (SSSR count). The van der Waals surface area contributed by atoms with Crippen molar-refractivity contribution in [3.63, 3.8) is 0 Å². The second-order valence-corrected chi connectivity index (χ2v) is 11.8. The average Bonchev–Trinajstić information content (AvgIpc) is 2.63. The molecule has 8 nitrogen and oxygen atoms in total. The van der Waals surface area contributed by atoms with Gasteiger partial charge in [-0.15, -0.1) is 0 Å². The highest BCUT2D eigenvalue weighted by Crippen LogP contribution is 2.45. The lowest BCUT2D eigenvalue weighted by Gasteiger charge is -2.45. The van der Waals surface area contributed by atoms with Crippen LogP contribution in [0.1, 0.15) is 68.2 Å². The molecule has 0 aliphatic rings. The summed E-state index contributed by atoms with van der Waals surface area (Å²) in [6.45, 7) is 18.0. The smallest absolute Gasteiger partial charge is 0.316 e.